The smallest absolute Gasteiger partial charge is 0.243 e. The molecule has 1 aromatic rings. The lowest BCUT2D eigenvalue weighted by molar-refractivity contribution is -0.115. The number of pyridine rings is 1. The van der Waals surface area contributed by atoms with Crippen molar-refractivity contribution in [2.75, 3.05) is 38.7 Å². The molecule has 3 N–H and O–H groups in total. The van der Waals surface area contributed by atoms with Crippen LogP contribution in [-0.4, -0.2) is 50.2 Å². The summed E-state index contributed by atoms with van der Waals surface area (Å²) in [6.07, 6.45) is 3.24. The minimum atomic E-state index is -0.161. The van der Waals surface area contributed by atoms with Gasteiger partial charge in [0.1, 0.15) is 0 Å². The summed E-state index contributed by atoms with van der Waals surface area (Å²) in [5, 5.41) is 8.69. The van der Waals surface area contributed by atoms with Gasteiger partial charge in [-0.1, -0.05) is 0 Å². The molecule has 0 bridgehead atoms. The highest BCUT2D eigenvalue weighted by Crippen LogP contribution is 2.01. The molecule has 1 heterocycles. The highest BCUT2D eigenvalue weighted by molar-refractivity contribution is 5.94. The summed E-state index contributed by atoms with van der Waals surface area (Å²) >= 11 is 0. The molecule has 0 unspecified atom stereocenters. The van der Waals surface area contributed by atoms with E-state index in [0.717, 1.165) is 0 Å². The minimum Gasteiger partial charge on any atom is -0.380 e. The fourth-order valence-corrected chi connectivity index (χ4v) is 1.41. The number of aromatic nitrogens is 1. The number of rotatable bonds is 7. The summed E-state index contributed by atoms with van der Waals surface area (Å²) in [6, 6.07) is 3.54. The summed E-state index contributed by atoms with van der Waals surface area (Å²) in [7, 11) is 1.65. The summed E-state index contributed by atoms with van der Waals surface area (Å²) in [4.78, 5) is 19.6. The quantitative estimate of drug-likeness (QED) is 0.377. The van der Waals surface area contributed by atoms with Gasteiger partial charge in [0.25, 0.3) is 0 Å². The van der Waals surface area contributed by atoms with Crippen LogP contribution in [-0.2, 0) is 9.53 Å². The molecule has 0 spiro atoms. The lowest BCUT2D eigenvalue weighted by Gasteiger charge is -2.11. The second-order valence-electron chi connectivity index (χ2n) is 3.84. The fourth-order valence-electron chi connectivity index (χ4n) is 1.41. The van der Waals surface area contributed by atoms with Crippen LogP contribution in [0.4, 0.5) is 5.69 Å². The van der Waals surface area contributed by atoms with E-state index < -0.39 is 0 Å². The number of guanidine groups is 1. The number of aliphatic imine (C=N–C) groups is 1. The monoisotopic (exact) mass is 279 g/mol. The van der Waals surface area contributed by atoms with Crippen molar-refractivity contribution in [2.45, 2.75) is 6.92 Å². The number of hydrogen-bond acceptors (Lipinski definition) is 4. The zero-order chi connectivity index (χ0) is 14.6. The standard InChI is InChI=1S/C13H21N5O2/c1-3-20-8-7-16-13(14-2)17-10-12(19)18-11-5-4-6-15-9-11/h4-6,9H,3,7-8,10H2,1-2H3,(H,18,19)(H2,14,16,17). The van der Waals surface area contributed by atoms with Crippen molar-refractivity contribution < 1.29 is 9.53 Å². The Labute approximate surface area is 118 Å². The molecule has 0 saturated heterocycles. The Morgan fingerprint density at radius 2 is 2.30 bits per heavy atom. The van der Waals surface area contributed by atoms with Crippen LogP contribution in [0.15, 0.2) is 29.5 Å². The molecule has 0 aliphatic carbocycles. The third kappa shape index (κ3) is 6.69. The fraction of sp³-hybridized carbons (Fsp3) is 0.462. The molecule has 1 amide bonds. The topological polar surface area (TPSA) is 87.6 Å². The molecule has 20 heavy (non-hydrogen) atoms. The molecule has 0 fully saturated rings. The second kappa shape index (κ2) is 9.74. The van der Waals surface area contributed by atoms with Gasteiger partial charge < -0.3 is 20.7 Å². The molecule has 1 rings (SSSR count). The molecule has 0 saturated carbocycles. The number of nitrogens with zero attached hydrogens (tertiary/aromatic N) is 2. The zero-order valence-corrected chi connectivity index (χ0v) is 11.8. The van der Waals surface area contributed by atoms with Gasteiger partial charge in [0, 0.05) is 26.4 Å². The molecule has 7 heteroatoms. The Balaban J connectivity index is 2.24. The summed E-state index contributed by atoms with van der Waals surface area (Å²) in [5.41, 5.74) is 0.665. The third-order valence-corrected chi connectivity index (χ3v) is 2.33. The van der Waals surface area contributed by atoms with E-state index in [0.29, 0.717) is 31.4 Å². The normalized spacial score (nSPS) is 11.0. The van der Waals surface area contributed by atoms with Crippen molar-refractivity contribution >= 4 is 17.6 Å². The van der Waals surface area contributed by atoms with Crippen LogP contribution in [0, 0.1) is 0 Å². The van der Waals surface area contributed by atoms with E-state index >= 15 is 0 Å². The highest BCUT2D eigenvalue weighted by atomic mass is 16.5. The maximum atomic E-state index is 11.7. The van der Waals surface area contributed by atoms with Crippen LogP contribution in [0.5, 0.6) is 0 Å². The number of nitrogens with one attached hydrogen (secondary N) is 3. The number of hydrogen-bond donors (Lipinski definition) is 3. The van der Waals surface area contributed by atoms with Gasteiger partial charge in [0.15, 0.2) is 5.96 Å². The molecule has 0 aliphatic heterocycles. The maximum absolute atomic E-state index is 11.7. The van der Waals surface area contributed by atoms with Crippen molar-refractivity contribution in [3.8, 4) is 0 Å². The zero-order valence-electron chi connectivity index (χ0n) is 11.8. The van der Waals surface area contributed by atoms with Gasteiger partial charge in [0.05, 0.1) is 25.0 Å². The number of ether oxygens (including phenoxy) is 1. The van der Waals surface area contributed by atoms with Crippen LogP contribution in [0.1, 0.15) is 6.92 Å². The van der Waals surface area contributed by atoms with Crippen molar-refractivity contribution in [1.29, 1.82) is 0 Å². The summed E-state index contributed by atoms with van der Waals surface area (Å²) in [5.74, 6) is 0.400. The average Bonchev–Trinajstić information content (AvgIpc) is 2.47. The van der Waals surface area contributed by atoms with E-state index in [9.17, 15) is 4.79 Å². The molecule has 0 aromatic carbocycles. The first-order valence-electron chi connectivity index (χ1n) is 6.48. The number of anilines is 1. The van der Waals surface area contributed by atoms with Gasteiger partial charge in [-0.15, -0.1) is 0 Å². The predicted octanol–water partition coefficient (Wildman–Crippen LogP) is 0.222. The Morgan fingerprint density at radius 1 is 1.45 bits per heavy atom. The Morgan fingerprint density at radius 3 is 2.95 bits per heavy atom. The maximum Gasteiger partial charge on any atom is 0.243 e. The van der Waals surface area contributed by atoms with Crippen LogP contribution in [0.2, 0.25) is 0 Å². The van der Waals surface area contributed by atoms with E-state index in [1.165, 1.54) is 0 Å². The molecule has 0 radical (unpaired) electrons. The van der Waals surface area contributed by atoms with E-state index in [4.69, 9.17) is 4.74 Å². The SMILES string of the molecule is CCOCCNC(=NC)NCC(=O)Nc1cccnc1. The Kier molecular flexibility index (Phi) is 7.74. The lowest BCUT2D eigenvalue weighted by Crippen LogP contribution is -2.42. The van der Waals surface area contributed by atoms with Gasteiger partial charge in [-0.2, -0.15) is 0 Å². The predicted molar refractivity (Wildman–Crippen MR) is 78.7 cm³/mol. The Bertz CT molecular complexity index is 422. The largest absolute Gasteiger partial charge is 0.380 e. The van der Waals surface area contributed by atoms with Crippen molar-refractivity contribution in [3.05, 3.63) is 24.5 Å². The number of amides is 1. The van der Waals surface area contributed by atoms with Gasteiger partial charge in [0.2, 0.25) is 5.91 Å². The first-order chi connectivity index (χ1) is 9.76. The van der Waals surface area contributed by atoms with Gasteiger partial charge in [-0.3, -0.25) is 14.8 Å². The van der Waals surface area contributed by atoms with E-state index in [-0.39, 0.29) is 12.5 Å². The minimum absolute atomic E-state index is 0.128. The highest BCUT2D eigenvalue weighted by Gasteiger charge is 2.03. The van der Waals surface area contributed by atoms with E-state index in [1.807, 2.05) is 6.92 Å². The molecule has 110 valence electrons. The van der Waals surface area contributed by atoms with Crippen molar-refractivity contribution in [2.24, 2.45) is 4.99 Å². The molecule has 0 atom stereocenters. The molecule has 7 nitrogen and oxygen atoms in total. The van der Waals surface area contributed by atoms with E-state index in [1.54, 1.807) is 31.6 Å². The average molecular weight is 279 g/mol. The molecular weight excluding hydrogens is 258 g/mol. The van der Waals surface area contributed by atoms with Crippen LogP contribution in [0.25, 0.3) is 0 Å². The Hall–Kier alpha value is -2.15. The number of carbonyl (C=O) groups excluding carboxylic acids is 1. The van der Waals surface area contributed by atoms with Gasteiger partial charge >= 0.3 is 0 Å². The van der Waals surface area contributed by atoms with Gasteiger partial charge in [-0.25, -0.2) is 0 Å². The van der Waals surface area contributed by atoms with Gasteiger partial charge in [-0.05, 0) is 19.1 Å². The van der Waals surface area contributed by atoms with Crippen molar-refractivity contribution in [1.82, 2.24) is 15.6 Å². The summed E-state index contributed by atoms with van der Waals surface area (Å²) < 4.78 is 5.20. The van der Waals surface area contributed by atoms with Crippen LogP contribution in [0.3, 0.4) is 0 Å². The van der Waals surface area contributed by atoms with Crippen LogP contribution < -0.4 is 16.0 Å². The third-order valence-electron chi connectivity index (χ3n) is 2.33. The second-order valence-corrected chi connectivity index (χ2v) is 3.84. The molecule has 0 aliphatic rings. The summed E-state index contributed by atoms with van der Waals surface area (Å²) in [6.45, 7) is 3.98. The first-order valence-corrected chi connectivity index (χ1v) is 6.48. The number of carbonyl (C=O) groups is 1. The molecule has 1 aromatic heterocycles. The lowest BCUT2D eigenvalue weighted by atomic mass is 10.4. The molecular formula is C13H21N5O2. The first kappa shape index (κ1) is 15.9. The van der Waals surface area contributed by atoms with E-state index in [2.05, 4.69) is 25.9 Å². The van der Waals surface area contributed by atoms with Crippen molar-refractivity contribution in [3.63, 3.8) is 0 Å². The van der Waals surface area contributed by atoms with Crippen LogP contribution >= 0.6 is 0 Å².